The van der Waals surface area contributed by atoms with E-state index in [1.165, 1.54) is 4.31 Å². The van der Waals surface area contributed by atoms with E-state index in [0.29, 0.717) is 29.9 Å². The zero-order valence-corrected chi connectivity index (χ0v) is 20.6. The number of anilines is 2. The molecule has 4 aromatic rings. The lowest BCUT2D eigenvalue weighted by molar-refractivity contribution is 0.102. The Balaban J connectivity index is 1.40. The number of fused-ring (bicyclic) bond motifs is 1. The van der Waals surface area contributed by atoms with E-state index in [0.717, 1.165) is 39.7 Å². The molecule has 1 saturated heterocycles. The third-order valence-corrected chi connectivity index (χ3v) is 8.33. The first-order chi connectivity index (χ1) is 16.8. The van der Waals surface area contributed by atoms with Crippen molar-refractivity contribution in [3.8, 4) is 11.3 Å². The molecule has 1 aliphatic rings. The number of benzene rings is 3. The zero-order valence-electron chi connectivity index (χ0n) is 19.8. The smallest absolute Gasteiger partial charge is 0.255 e. The molecule has 1 N–H and O–H groups in total. The van der Waals surface area contributed by atoms with Crippen molar-refractivity contribution in [3.63, 3.8) is 0 Å². The fraction of sp³-hybridized carbons (Fsp3) is 0.214. The van der Waals surface area contributed by atoms with Gasteiger partial charge in [-0.25, -0.2) is 13.4 Å². The summed E-state index contributed by atoms with van der Waals surface area (Å²) in [6, 6.07) is 23.0. The van der Waals surface area contributed by atoms with Crippen molar-refractivity contribution < 1.29 is 13.2 Å². The van der Waals surface area contributed by atoms with Crippen molar-refractivity contribution in [1.29, 1.82) is 0 Å². The Morgan fingerprint density at radius 2 is 1.74 bits per heavy atom. The maximum absolute atomic E-state index is 13.1. The van der Waals surface area contributed by atoms with Crippen LogP contribution in [0.5, 0.6) is 0 Å². The van der Waals surface area contributed by atoms with Gasteiger partial charge < -0.3 is 5.32 Å². The first kappa shape index (κ1) is 23.1. The molecule has 35 heavy (non-hydrogen) atoms. The van der Waals surface area contributed by atoms with E-state index in [1.807, 2.05) is 62.4 Å². The summed E-state index contributed by atoms with van der Waals surface area (Å²) in [6.07, 6.45) is 1.52. The van der Waals surface area contributed by atoms with Gasteiger partial charge in [-0.05, 0) is 80.3 Å². The Morgan fingerprint density at radius 1 is 0.914 bits per heavy atom. The molecule has 0 atom stereocenters. The lowest BCUT2D eigenvalue weighted by atomic mass is 10.0. The summed E-state index contributed by atoms with van der Waals surface area (Å²) in [7, 11) is -3.30. The molecule has 5 rings (SSSR count). The lowest BCUT2D eigenvalue weighted by Crippen LogP contribution is -2.37. The molecule has 0 saturated carbocycles. The van der Waals surface area contributed by atoms with Crippen molar-refractivity contribution in [1.82, 2.24) is 4.98 Å². The summed E-state index contributed by atoms with van der Waals surface area (Å²) in [5, 5.41) is 4.07. The predicted octanol–water partition coefficient (Wildman–Crippen LogP) is 5.70. The third kappa shape index (κ3) is 4.64. The van der Waals surface area contributed by atoms with Gasteiger partial charge >= 0.3 is 0 Å². The van der Waals surface area contributed by atoms with Gasteiger partial charge in [-0.1, -0.05) is 30.3 Å². The molecule has 6 nitrogen and oxygen atoms in total. The van der Waals surface area contributed by atoms with E-state index in [-0.39, 0.29) is 11.7 Å². The van der Waals surface area contributed by atoms with Crippen molar-refractivity contribution in [3.05, 3.63) is 89.5 Å². The van der Waals surface area contributed by atoms with Crippen LogP contribution in [-0.2, 0) is 10.0 Å². The highest BCUT2D eigenvalue weighted by atomic mass is 32.2. The molecule has 1 aliphatic heterocycles. The van der Waals surface area contributed by atoms with Crippen LogP contribution in [0.25, 0.3) is 22.2 Å². The number of nitrogens with zero attached hydrogens (tertiary/aromatic N) is 2. The van der Waals surface area contributed by atoms with Gasteiger partial charge in [-0.15, -0.1) is 0 Å². The number of para-hydroxylation sites is 1. The van der Waals surface area contributed by atoms with Crippen LogP contribution in [0.4, 0.5) is 11.4 Å². The van der Waals surface area contributed by atoms with Crippen LogP contribution in [0.2, 0.25) is 0 Å². The zero-order chi connectivity index (χ0) is 24.6. The van der Waals surface area contributed by atoms with E-state index in [1.54, 1.807) is 18.2 Å². The van der Waals surface area contributed by atoms with Crippen LogP contribution in [0.15, 0.2) is 72.8 Å². The molecule has 0 unspecified atom stereocenters. The first-order valence-corrected chi connectivity index (χ1v) is 13.3. The minimum Gasteiger partial charge on any atom is -0.322 e. The van der Waals surface area contributed by atoms with Crippen molar-refractivity contribution in [2.45, 2.75) is 26.7 Å². The predicted molar refractivity (Wildman–Crippen MR) is 141 cm³/mol. The Hall–Kier alpha value is -3.71. The number of aryl methyl sites for hydroxylation is 2. The monoisotopic (exact) mass is 485 g/mol. The Labute approximate surface area is 205 Å². The molecule has 7 heteroatoms. The molecule has 1 fully saturated rings. The second-order valence-corrected chi connectivity index (χ2v) is 11.0. The van der Waals surface area contributed by atoms with Gasteiger partial charge in [0.1, 0.15) is 0 Å². The summed E-state index contributed by atoms with van der Waals surface area (Å²) in [6.45, 7) is 4.33. The van der Waals surface area contributed by atoms with E-state index in [4.69, 9.17) is 4.98 Å². The number of pyridine rings is 1. The standard InChI is InChI=1S/C28H27N3O3S/c1-19-9-11-22(18-25(19)27-14-10-21-7-3-4-8-26(21)30-27)29-28(32)24-13-12-23(17-20(24)2)31-15-5-6-16-35(31,33)34/h3-4,7-14,17-18H,5-6,15-16H2,1-2H3,(H,29,32). The Kier molecular flexibility index (Phi) is 6.03. The summed E-state index contributed by atoms with van der Waals surface area (Å²) in [4.78, 5) is 17.9. The highest BCUT2D eigenvalue weighted by Gasteiger charge is 2.26. The topological polar surface area (TPSA) is 79.4 Å². The van der Waals surface area contributed by atoms with Crippen molar-refractivity contribution >= 4 is 38.2 Å². The van der Waals surface area contributed by atoms with Crippen LogP contribution < -0.4 is 9.62 Å². The van der Waals surface area contributed by atoms with E-state index in [2.05, 4.69) is 11.4 Å². The molecule has 0 radical (unpaired) electrons. The molecule has 1 aromatic heterocycles. The second kappa shape index (κ2) is 9.15. The number of rotatable bonds is 4. The molecule has 0 bridgehead atoms. The number of hydrogen-bond donors (Lipinski definition) is 1. The van der Waals surface area contributed by atoms with Gasteiger partial charge in [-0.3, -0.25) is 9.10 Å². The molecular weight excluding hydrogens is 458 g/mol. The molecule has 3 aromatic carbocycles. The van der Waals surface area contributed by atoms with Crippen molar-refractivity contribution in [2.75, 3.05) is 21.9 Å². The molecule has 0 aliphatic carbocycles. The normalized spacial score (nSPS) is 15.2. The number of nitrogens with one attached hydrogen (secondary N) is 1. The molecule has 0 spiro atoms. The van der Waals surface area contributed by atoms with E-state index < -0.39 is 10.0 Å². The fourth-order valence-corrected chi connectivity index (χ4v) is 6.16. The SMILES string of the molecule is Cc1cc(N2CCCCS2(=O)=O)ccc1C(=O)Nc1ccc(C)c(-c2ccc3ccccc3n2)c1. The number of sulfonamides is 1. The third-order valence-electron chi connectivity index (χ3n) is 6.46. The molecule has 2 heterocycles. The quantitative estimate of drug-likeness (QED) is 0.402. The van der Waals surface area contributed by atoms with E-state index in [9.17, 15) is 13.2 Å². The van der Waals surface area contributed by atoms with Crippen LogP contribution >= 0.6 is 0 Å². The maximum Gasteiger partial charge on any atom is 0.255 e. The lowest BCUT2D eigenvalue weighted by Gasteiger charge is -2.28. The van der Waals surface area contributed by atoms with Gasteiger partial charge in [0.25, 0.3) is 5.91 Å². The average Bonchev–Trinajstić information content (AvgIpc) is 2.84. The van der Waals surface area contributed by atoms with Crippen LogP contribution in [0.1, 0.15) is 34.3 Å². The summed E-state index contributed by atoms with van der Waals surface area (Å²) in [5.41, 5.74) is 6.31. The molecular formula is C28H27N3O3S. The minimum atomic E-state index is -3.30. The Bertz CT molecular complexity index is 1550. The largest absolute Gasteiger partial charge is 0.322 e. The number of amides is 1. The van der Waals surface area contributed by atoms with Crippen LogP contribution in [0, 0.1) is 13.8 Å². The van der Waals surface area contributed by atoms with Gasteiger partial charge in [0.05, 0.1) is 22.7 Å². The molecule has 1 amide bonds. The summed E-state index contributed by atoms with van der Waals surface area (Å²) < 4.78 is 26.3. The van der Waals surface area contributed by atoms with Crippen LogP contribution in [0.3, 0.4) is 0 Å². The number of hydrogen-bond acceptors (Lipinski definition) is 4. The minimum absolute atomic E-state index is 0.163. The van der Waals surface area contributed by atoms with Gasteiger partial charge in [0, 0.05) is 28.7 Å². The second-order valence-electron chi connectivity index (χ2n) is 8.97. The number of carbonyl (C=O) groups excluding carboxylic acids is 1. The van der Waals surface area contributed by atoms with E-state index >= 15 is 0 Å². The highest BCUT2D eigenvalue weighted by molar-refractivity contribution is 7.92. The Morgan fingerprint density at radius 3 is 2.54 bits per heavy atom. The summed E-state index contributed by atoms with van der Waals surface area (Å²) >= 11 is 0. The molecule has 178 valence electrons. The van der Waals surface area contributed by atoms with Gasteiger partial charge in [0.15, 0.2) is 0 Å². The van der Waals surface area contributed by atoms with Crippen molar-refractivity contribution in [2.24, 2.45) is 0 Å². The average molecular weight is 486 g/mol. The summed E-state index contributed by atoms with van der Waals surface area (Å²) in [5.74, 6) is -0.0762. The highest BCUT2D eigenvalue weighted by Crippen LogP contribution is 2.29. The maximum atomic E-state index is 13.1. The fourth-order valence-electron chi connectivity index (χ4n) is 4.53. The van der Waals surface area contributed by atoms with Gasteiger partial charge in [-0.2, -0.15) is 0 Å². The number of carbonyl (C=O) groups is 1. The van der Waals surface area contributed by atoms with Crippen LogP contribution in [-0.4, -0.2) is 31.6 Å². The van der Waals surface area contributed by atoms with Gasteiger partial charge in [0.2, 0.25) is 10.0 Å². The first-order valence-electron chi connectivity index (χ1n) is 11.7. The number of aromatic nitrogens is 1.